The maximum absolute atomic E-state index is 8.91. The minimum atomic E-state index is -0.524. The smallest absolute Gasteiger partial charge is 0.165 e. The summed E-state index contributed by atoms with van der Waals surface area (Å²) in [5.41, 5.74) is 0. The van der Waals surface area contributed by atoms with Crippen LogP contribution in [0.5, 0.6) is 0 Å². The first-order valence-electron chi connectivity index (χ1n) is 4.67. The summed E-state index contributed by atoms with van der Waals surface area (Å²) in [4.78, 5) is 0. The van der Waals surface area contributed by atoms with E-state index in [9.17, 15) is 0 Å². The van der Waals surface area contributed by atoms with Crippen molar-refractivity contribution in [3.8, 4) is 6.07 Å². The van der Waals surface area contributed by atoms with Crippen LogP contribution in [-0.4, -0.2) is 41.0 Å². The minimum Gasteiger partial charge on any atom is -0.355 e. The molecule has 0 aromatic heterocycles. The molecule has 0 amide bonds. The Morgan fingerprint density at radius 2 is 1.20 bits per heavy atom. The lowest BCUT2D eigenvalue weighted by molar-refractivity contribution is -0.229. The Morgan fingerprint density at radius 3 is 1.40 bits per heavy atom. The van der Waals surface area contributed by atoms with E-state index in [2.05, 4.69) is 6.07 Å². The first kappa shape index (κ1) is 14.3. The summed E-state index contributed by atoms with van der Waals surface area (Å²) in [5.74, 6) is -0.584. The molecule has 0 spiro atoms. The van der Waals surface area contributed by atoms with Crippen molar-refractivity contribution in [1.29, 1.82) is 5.26 Å². The Labute approximate surface area is 90.9 Å². The summed E-state index contributed by atoms with van der Waals surface area (Å²) in [6.07, 6.45) is -1.05. The van der Waals surface area contributed by atoms with Crippen molar-refractivity contribution >= 4 is 0 Å². The van der Waals surface area contributed by atoms with Gasteiger partial charge >= 0.3 is 0 Å². The minimum absolute atomic E-state index is 0.292. The summed E-state index contributed by atoms with van der Waals surface area (Å²) in [5, 5.41) is 8.91. The zero-order valence-corrected chi connectivity index (χ0v) is 9.89. The lowest BCUT2D eigenvalue weighted by Crippen LogP contribution is -2.40. The number of ether oxygens (including phenoxy) is 4. The molecule has 0 aromatic carbocycles. The van der Waals surface area contributed by atoms with Crippen molar-refractivity contribution in [2.24, 2.45) is 11.8 Å². The second-order valence-electron chi connectivity index (χ2n) is 3.17. The average molecular weight is 217 g/mol. The maximum atomic E-state index is 8.91. The highest BCUT2D eigenvalue weighted by molar-refractivity contribution is 4.88. The fourth-order valence-corrected chi connectivity index (χ4v) is 1.51. The van der Waals surface area contributed by atoms with Crippen molar-refractivity contribution in [3.63, 3.8) is 0 Å². The van der Waals surface area contributed by atoms with Crippen molar-refractivity contribution in [2.75, 3.05) is 28.4 Å². The second kappa shape index (κ2) is 7.60. The van der Waals surface area contributed by atoms with Crippen molar-refractivity contribution in [1.82, 2.24) is 0 Å². The van der Waals surface area contributed by atoms with Crippen LogP contribution in [-0.2, 0) is 18.9 Å². The lowest BCUT2D eigenvalue weighted by Gasteiger charge is -2.31. The Morgan fingerprint density at radius 1 is 0.867 bits per heavy atom. The number of nitriles is 1. The molecule has 5 heteroatoms. The molecule has 0 N–H and O–H groups in total. The van der Waals surface area contributed by atoms with Gasteiger partial charge in [-0.2, -0.15) is 5.26 Å². The van der Waals surface area contributed by atoms with Crippen molar-refractivity contribution in [3.05, 3.63) is 0 Å². The first-order chi connectivity index (χ1) is 7.15. The first-order valence-corrected chi connectivity index (χ1v) is 4.67. The second-order valence-corrected chi connectivity index (χ2v) is 3.17. The number of methoxy groups -OCH3 is 4. The molecule has 0 saturated heterocycles. The molecule has 1 unspecified atom stereocenters. The number of rotatable bonds is 7. The van der Waals surface area contributed by atoms with E-state index in [1.165, 1.54) is 28.4 Å². The van der Waals surface area contributed by atoms with Gasteiger partial charge in [0.05, 0.1) is 17.9 Å². The Hall–Kier alpha value is -0.670. The highest BCUT2D eigenvalue weighted by atomic mass is 16.7. The SMILES string of the molecule is COC(OC)C(C(C)C#N)C(OC)OC. The molecule has 0 aliphatic heterocycles. The fourth-order valence-electron chi connectivity index (χ4n) is 1.51. The summed E-state index contributed by atoms with van der Waals surface area (Å²) >= 11 is 0. The van der Waals surface area contributed by atoms with Crippen LogP contribution in [0.1, 0.15) is 6.92 Å². The molecule has 0 aliphatic carbocycles. The van der Waals surface area contributed by atoms with Crippen molar-refractivity contribution < 1.29 is 18.9 Å². The van der Waals surface area contributed by atoms with Crippen LogP contribution < -0.4 is 0 Å². The molecule has 0 aliphatic rings. The molecule has 0 aromatic rings. The molecule has 0 rings (SSSR count). The third kappa shape index (κ3) is 3.76. The van der Waals surface area contributed by atoms with Crippen LogP contribution in [0.3, 0.4) is 0 Å². The predicted octanol–water partition coefficient (Wildman–Crippen LogP) is 1.00. The van der Waals surface area contributed by atoms with Crippen LogP contribution in [0.2, 0.25) is 0 Å². The highest BCUT2D eigenvalue weighted by Crippen LogP contribution is 2.24. The van der Waals surface area contributed by atoms with E-state index in [4.69, 9.17) is 24.2 Å². The van der Waals surface area contributed by atoms with Crippen molar-refractivity contribution in [2.45, 2.75) is 19.5 Å². The van der Waals surface area contributed by atoms with E-state index >= 15 is 0 Å². The Kier molecular flexibility index (Phi) is 7.26. The lowest BCUT2D eigenvalue weighted by atomic mass is 9.94. The van der Waals surface area contributed by atoms with Gasteiger partial charge in [0.1, 0.15) is 0 Å². The van der Waals surface area contributed by atoms with Crippen LogP contribution in [0.4, 0.5) is 0 Å². The molecular weight excluding hydrogens is 198 g/mol. The van der Waals surface area contributed by atoms with E-state index in [0.717, 1.165) is 0 Å². The van der Waals surface area contributed by atoms with Gasteiger partial charge in [0.15, 0.2) is 12.6 Å². The summed E-state index contributed by atoms with van der Waals surface area (Å²) in [6, 6.07) is 2.14. The monoisotopic (exact) mass is 217 g/mol. The molecule has 0 bridgehead atoms. The molecule has 0 fully saturated rings. The van der Waals surface area contributed by atoms with Gasteiger partial charge in [-0.3, -0.25) is 0 Å². The topological polar surface area (TPSA) is 60.7 Å². The Bertz CT molecular complexity index is 184. The van der Waals surface area contributed by atoms with Gasteiger partial charge in [-0.05, 0) is 6.92 Å². The van der Waals surface area contributed by atoms with Gasteiger partial charge in [0.2, 0.25) is 0 Å². The maximum Gasteiger partial charge on any atom is 0.165 e. The van der Waals surface area contributed by atoms with Crippen LogP contribution in [0.15, 0.2) is 0 Å². The summed E-state index contributed by atoms with van der Waals surface area (Å²) < 4.78 is 20.5. The van der Waals surface area contributed by atoms with Crippen LogP contribution in [0.25, 0.3) is 0 Å². The molecule has 15 heavy (non-hydrogen) atoms. The van der Waals surface area contributed by atoms with E-state index in [1.54, 1.807) is 6.92 Å². The quantitative estimate of drug-likeness (QED) is 0.595. The fraction of sp³-hybridized carbons (Fsp3) is 0.900. The Balaban J connectivity index is 4.77. The third-order valence-electron chi connectivity index (χ3n) is 2.34. The average Bonchev–Trinajstić information content (AvgIpc) is 2.28. The van der Waals surface area contributed by atoms with Crippen LogP contribution in [0, 0.1) is 23.2 Å². The molecule has 1 atom stereocenters. The standard InChI is InChI=1S/C10H19NO4/c1-7(6-11)8(9(12-2)13-3)10(14-4)15-5/h7-10H,1-5H3. The number of hydrogen-bond donors (Lipinski definition) is 0. The number of nitrogens with zero attached hydrogens (tertiary/aromatic N) is 1. The van der Waals surface area contributed by atoms with Gasteiger partial charge in [-0.15, -0.1) is 0 Å². The van der Waals surface area contributed by atoms with Gasteiger partial charge in [0, 0.05) is 28.4 Å². The van der Waals surface area contributed by atoms with Gasteiger partial charge in [0.25, 0.3) is 0 Å². The molecule has 88 valence electrons. The zero-order chi connectivity index (χ0) is 11.8. The van der Waals surface area contributed by atoms with Gasteiger partial charge < -0.3 is 18.9 Å². The largest absolute Gasteiger partial charge is 0.355 e. The highest BCUT2D eigenvalue weighted by Gasteiger charge is 2.35. The normalized spacial score (nSPS) is 13.5. The van der Waals surface area contributed by atoms with E-state index in [0.29, 0.717) is 0 Å². The summed E-state index contributed by atoms with van der Waals surface area (Å²) in [7, 11) is 6.09. The molecular formula is C10H19NO4. The summed E-state index contributed by atoms with van der Waals surface area (Å²) in [6.45, 7) is 1.78. The zero-order valence-electron chi connectivity index (χ0n) is 9.89. The molecule has 0 radical (unpaired) electrons. The van der Waals surface area contributed by atoms with Crippen LogP contribution >= 0.6 is 0 Å². The molecule has 0 saturated carbocycles. The predicted molar refractivity (Wildman–Crippen MR) is 53.9 cm³/mol. The molecule has 5 nitrogen and oxygen atoms in total. The van der Waals surface area contributed by atoms with E-state index in [-0.39, 0.29) is 11.8 Å². The van der Waals surface area contributed by atoms with E-state index in [1.807, 2.05) is 0 Å². The van der Waals surface area contributed by atoms with E-state index < -0.39 is 12.6 Å². The third-order valence-corrected chi connectivity index (χ3v) is 2.34. The van der Waals surface area contributed by atoms with Gasteiger partial charge in [-0.1, -0.05) is 0 Å². The number of hydrogen-bond acceptors (Lipinski definition) is 5. The molecule has 0 heterocycles. The van der Waals surface area contributed by atoms with Gasteiger partial charge in [-0.25, -0.2) is 0 Å².